The van der Waals surface area contributed by atoms with Crippen LogP contribution in [0.15, 0.2) is 35.6 Å². The zero-order valence-corrected chi connectivity index (χ0v) is 24.6. The molecule has 2 N–H and O–H groups in total. The Morgan fingerprint density at radius 3 is 2.69 bits per heavy atom. The van der Waals surface area contributed by atoms with Crippen molar-refractivity contribution in [2.75, 3.05) is 25.3 Å². The quantitative estimate of drug-likeness (QED) is 0.167. The predicted octanol–water partition coefficient (Wildman–Crippen LogP) is 5.61. The van der Waals surface area contributed by atoms with E-state index in [-0.39, 0.29) is 34.8 Å². The minimum absolute atomic E-state index is 0.0428. The lowest BCUT2D eigenvalue weighted by Gasteiger charge is -2.33. The molecule has 4 rings (SSSR count). The van der Waals surface area contributed by atoms with Crippen LogP contribution in [0.25, 0.3) is 0 Å². The molecule has 39 heavy (non-hydrogen) atoms. The normalized spacial score (nSPS) is 23.9. The van der Waals surface area contributed by atoms with Crippen molar-refractivity contribution in [3.63, 3.8) is 0 Å². The highest BCUT2D eigenvalue weighted by molar-refractivity contribution is 8.15. The summed E-state index contributed by atoms with van der Waals surface area (Å²) in [5.74, 6) is -1.74. The summed E-state index contributed by atoms with van der Waals surface area (Å²) >= 11 is 6.85. The maximum absolute atomic E-state index is 15.1. The van der Waals surface area contributed by atoms with Gasteiger partial charge in [0.05, 0.1) is 27.2 Å². The number of alkyl halides is 1. The summed E-state index contributed by atoms with van der Waals surface area (Å²) in [5.41, 5.74) is -0.948. The second-order valence-electron chi connectivity index (χ2n) is 10.9. The highest BCUT2D eigenvalue weighted by atomic mass is 35.5. The Bertz CT molecular complexity index is 1280. The molecular formula is C25H30ClF2N5O4SSi. The summed E-state index contributed by atoms with van der Waals surface area (Å²) in [5, 5.41) is 5.43. The van der Waals surface area contributed by atoms with E-state index in [1.54, 1.807) is 6.92 Å². The largest absolute Gasteiger partial charge is 0.416 e. The molecule has 0 radical (unpaired) electrons. The number of anilines is 1. The number of fused-ring (bicyclic) bond motifs is 1. The number of rotatable bonds is 9. The predicted molar refractivity (Wildman–Crippen MR) is 149 cm³/mol. The van der Waals surface area contributed by atoms with Gasteiger partial charge in [-0.05, 0) is 37.6 Å². The second kappa shape index (κ2) is 11.5. The number of carbonyl (C=O) groups is 2. The van der Waals surface area contributed by atoms with Crippen molar-refractivity contribution in [1.82, 2.24) is 15.3 Å². The minimum atomic E-state index is -1.29. The molecule has 2 aromatic heterocycles. The minimum Gasteiger partial charge on any atom is -0.385 e. The van der Waals surface area contributed by atoms with Crippen molar-refractivity contribution in [3.05, 3.63) is 52.8 Å². The average Bonchev–Trinajstić information content (AvgIpc) is 3.61. The fourth-order valence-corrected chi connectivity index (χ4v) is 6.54. The molecule has 0 unspecified atom stereocenters. The fraction of sp³-hybridized carbons (Fsp3) is 0.480. The van der Waals surface area contributed by atoms with E-state index in [2.05, 4.69) is 45.2 Å². The van der Waals surface area contributed by atoms with E-state index in [1.807, 2.05) is 0 Å². The topological polar surface area (TPSA) is 115 Å². The van der Waals surface area contributed by atoms with Crippen LogP contribution >= 0.6 is 23.4 Å². The molecule has 2 aromatic rings. The first-order valence-electron chi connectivity index (χ1n) is 12.3. The zero-order valence-electron chi connectivity index (χ0n) is 22.0. The van der Waals surface area contributed by atoms with Crippen LogP contribution in [-0.4, -0.2) is 60.0 Å². The van der Waals surface area contributed by atoms with Gasteiger partial charge in [-0.2, -0.15) is 4.39 Å². The highest BCUT2D eigenvalue weighted by Crippen LogP contribution is 2.66. The molecule has 2 amide bonds. The Hall–Kier alpha value is -2.61. The van der Waals surface area contributed by atoms with Gasteiger partial charge in [-0.15, -0.1) is 0 Å². The number of aromatic nitrogens is 2. The van der Waals surface area contributed by atoms with Gasteiger partial charge in [0.15, 0.2) is 0 Å². The van der Waals surface area contributed by atoms with Crippen molar-refractivity contribution >= 4 is 54.4 Å². The smallest absolute Gasteiger partial charge is 0.385 e. The van der Waals surface area contributed by atoms with Gasteiger partial charge in [0, 0.05) is 32.4 Å². The molecule has 1 aliphatic carbocycles. The lowest BCUT2D eigenvalue weighted by Crippen LogP contribution is -2.37. The molecular weight excluding hydrogens is 568 g/mol. The van der Waals surface area contributed by atoms with Gasteiger partial charge >= 0.3 is 6.09 Å². The van der Waals surface area contributed by atoms with Crippen molar-refractivity contribution in [2.45, 2.75) is 49.3 Å². The lowest BCUT2D eigenvalue weighted by molar-refractivity contribution is 0.102. The van der Waals surface area contributed by atoms with Crippen molar-refractivity contribution < 1.29 is 27.8 Å². The lowest BCUT2D eigenvalue weighted by atomic mass is 9.87. The van der Waals surface area contributed by atoms with Crippen LogP contribution in [0.2, 0.25) is 30.7 Å². The Kier molecular flexibility index (Phi) is 8.64. The molecule has 3 heterocycles. The Labute approximate surface area is 235 Å². The van der Waals surface area contributed by atoms with Gasteiger partial charge in [-0.3, -0.25) is 10.1 Å². The van der Waals surface area contributed by atoms with Crippen LogP contribution in [0.5, 0.6) is 0 Å². The number of nitrogens with zero attached hydrogens (tertiary/aromatic N) is 3. The summed E-state index contributed by atoms with van der Waals surface area (Å²) in [4.78, 5) is 37.3. The van der Waals surface area contributed by atoms with Crippen LogP contribution in [-0.2, 0) is 15.0 Å². The summed E-state index contributed by atoms with van der Waals surface area (Å²) in [6.07, 6.45) is 2.09. The van der Waals surface area contributed by atoms with Gasteiger partial charge < -0.3 is 14.8 Å². The first kappa shape index (κ1) is 29.4. The van der Waals surface area contributed by atoms with E-state index in [9.17, 15) is 14.0 Å². The van der Waals surface area contributed by atoms with E-state index in [0.29, 0.717) is 18.1 Å². The van der Waals surface area contributed by atoms with Crippen LogP contribution in [0.4, 0.5) is 19.3 Å². The third kappa shape index (κ3) is 6.94. The van der Waals surface area contributed by atoms with Crippen molar-refractivity contribution in [2.24, 2.45) is 10.9 Å². The van der Waals surface area contributed by atoms with E-state index < -0.39 is 43.0 Å². The summed E-state index contributed by atoms with van der Waals surface area (Å²) in [6.45, 7) is 8.06. The second-order valence-corrected chi connectivity index (χ2v) is 18.3. The van der Waals surface area contributed by atoms with Crippen LogP contribution < -0.4 is 10.6 Å². The summed E-state index contributed by atoms with van der Waals surface area (Å²) < 4.78 is 39.2. The Morgan fingerprint density at radius 2 is 2.03 bits per heavy atom. The Morgan fingerprint density at radius 1 is 1.26 bits per heavy atom. The van der Waals surface area contributed by atoms with Gasteiger partial charge in [0.25, 0.3) is 11.1 Å². The van der Waals surface area contributed by atoms with E-state index in [0.717, 1.165) is 17.8 Å². The average molecular weight is 598 g/mol. The maximum atomic E-state index is 15.1. The fourth-order valence-electron chi connectivity index (χ4n) is 4.29. The van der Waals surface area contributed by atoms with Crippen LogP contribution in [0.3, 0.4) is 0 Å². The molecule has 3 atom stereocenters. The van der Waals surface area contributed by atoms with Gasteiger partial charge in [0.2, 0.25) is 5.95 Å². The molecule has 9 nitrogen and oxygen atoms in total. The number of hydrogen-bond donors (Lipinski definition) is 2. The van der Waals surface area contributed by atoms with E-state index >= 15 is 4.39 Å². The number of ether oxygens (including phenoxy) is 2. The SMILES string of the molecule is C[C@]1(c2cc(NC(=O)c3ccc(Cl)cn3)cnc2F)N=C(OC(=O)NCOCC[Si](C)(C)C)S[C@@]2(CF)C[C@H]21. The zero-order chi connectivity index (χ0) is 28.4. The molecule has 1 saturated carbocycles. The first-order valence-corrected chi connectivity index (χ1v) is 17.2. The number of halogens is 3. The number of alkyl carbamates (subject to hydrolysis) is 1. The van der Waals surface area contributed by atoms with Gasteiger partial charge in [-0.1, -0.05) is 43.0 Å². The summed E-state index contributed by atoms with van der Waals surface area (Å²) in [6, 6.07) is 5.32. The molecule has 1 fully saturated rings. The number of aliphatic imine (C=N–C) groups is 1. The monoisotopic (exact) mass is 597 g/mol. The van der Waals surface area contributed by atoms with Crippen LogP contribution in [0, 0.1) is 11.9 Å². The number of hydrogen-bond acceptors (Lipinski definition) is 8. The molecule has 2 aliphatic rings. The molecule has 1 aliphatic heterocycles. The Balaban J connectivity index is 1.50. The molecule has 0 saturated heterocycles. The number of pyridine rings is 2. The number of nitrogens with one attached hydrogen (secondary N) is 2. The third-order valence-corrected chi connectivity index (χ3v) is 9.88. The molecule has 0 aromatic carbocycles. The standard InChI is InChI=1S/C25H30ClF2N5O4SSi/c1-24(17-9-16(12-30-20(17)28)32-21(34)18-6-5-15(26)11-29-18)19-10-25(19,13-27)38-23(33-24)37-22(35)31-14-36-7-8-39(2,3)4/h5-6,9,11-12,19H,7-8,10,13-14H2,1-4H3,(H,31,35)(H,32,34)/t19-,24+,25+/m0/s1. The molecule has 14 heteroatoms. The highest BCUT2D eigenvalue weighted by Gasteiger charge is 2.67. The van der Waals surface area contributed by atoms with Crippen molar-refractivity contribution in [1.29, 1.82) is 0 Å². The van der Waals surface area contributed by atoms with E-state index in [4.69, 9.17) is 21.1 Å². The maximum Gasteiger partial charge on any atom is 0.416 e. The third-order valence-electron chi connectivity index (χ3n) is 6.64. The molecule has 210 valence electrons. The first-order chi connectivity index (χ1) is 18.3. The van der Waals surface area contributed by atoms with Gasteiger partial charge in [0.1, 0.15) is 19.1 Å². The van der Waals surface area contributed by atoms with E-state index in [1.165, 1.54) is 30.6 Å². The van der Waals surface area contributed by atoms with Crippen LogP contribution in [0.1, 0.15) is 29.4 Å². The molecule has 0 bridgehead atoms. The number of thioether (sulfide) groups is 1. The molecule has 0 spiro atoms. The summed E-state index contributed by atoms with van der Waals surface area (Å²) in [7, 11) is -1.26. The number of amides is 2. The van der Waals surface area contributed by atoms with Crippen molar-refractivity contribution in [3.8, 4) is 0 Å². The van der Waals surface area contributed by atoms with Gasteiger partial charge in [-0.25, -0.2) is 24.1 Å². The number of carbonyl (C=O) groups excluding carboxylic acids is 2.